The molecule has 0 amide bonds. The van der Waals surface area contributed by atoms with Gasteiger partial charge in [-0.3, -0.25) is 4.79 Å². The summed E-state index contributed by atoms with van der Waals surface area (Å²) in [5.74, 6) is 0. The number of allylic oxidation sites excluding steroid dienone is 1. The van der Waals surface area contributed by atoms with Crippen LogP contribution in [-0.2, 0) is 11.2 Å². The van der Waals surface area contributed by atoms with Crippen LogP contribution in [0.4, 0.5) is 0 Å². The molecule has 1 nitrogen and oxygen atoms in total. The molecule has 70 valence electrons. The SMILES string of the molecule is CCCCc1cscc1/C=C/C=O. The van der Waals surface area contributed by atoms with E-state index in [0.717, 1.165) is 12.7 Å². The van der Waals surface area contributed by atoms with Gasteiger partial charge in [0.25, 0.3) is 0 Å². The first-order valence-electron chi connectivity index (χ1n) is 4.55. The first-order chi connectivity index (χ1) is 6.38. The zero-order valence-electron chi connectivity index (χ0n) is 7.82. The van der Waals surface area contributed by atoms with Gasteiger partial charge in [-0.2, -0.15) is 11.3 Å². The molecule has 0 fully saturated rings. The molecule has 0 aliphatic heterocycles. The highest BCUT2D eigenvalue weighted by Gasteiger charge is 1.99. The molecule has 0 bridgehead atoms. The second kappa shape index (κ2) is 5.70. The van der Waals surface area contributed by atoms with E-state index in [1.54, 1.807) is 17.4 Å². The fraction of sp³-hybridized carbons (Fsp3) is 0.364. The zero-order chi connectivity index (χ0) is 9.52. The lowest BCUT2D eigenvalue weighted by Gasteiger charge is -1.96. The molecule has 0 N–H and O–H groups in total. The monoisotopic (exact) mass is 194 g/mol. The summed E-state index contributed by atoms with van der Waals surface area (Å²) in [6.45, 7) is 2.19. The Labute approximate surface area is 83.1 Å². The van der Waals surface area contributed by atoms with Crippen LogP contribution in [0.3, 0.4) is 0 Å². The van der Waals surface area contributed by atoms with Crippen molar-refractivity contribution < 1.29 is 4.79 Å². The van der Waals surface area contributed by atoms with Gasteiger partial charge in [0.15, 0.2) is 0 Å². The Balaban J connectivity index is 2.65. The summed E-state index contributed by atoms with van der Waals surface area (Å²) in [7, 11) is 0. The average molecular weight is 194 g/mol. The molecule has 0 aliphatic rings. The van der Waals surface area contributed by atoms with Crippen LogP contribution in [0.2, 0.25) is 0 Å². The van der Waals surface area contributed by atoms with E-state index < -0.39 is 0 Å². The third kappa shape index (κ3) is 3.15. The van der Waals surface area contributed by atoms with Crippen molar-refractivity contribution in [1.82, 2.24) is 0 Å². The lowest BCUT2D eigenvalue weighted by Crippen LogP contribution is -1.83. The Morgan fingerprint density at radius 3 is 3.00 bits per heavy atom. The van der Waals surface area contributed by atoms with Crippen LogP contribution in [-0.4, -0.2) is 6.29 Å². The quantitative estimate of drug-likeness (QED) is 0.519. The molecule has 0 saturated heterocycles. The molecule has 0 saturated carbocycles. The highest BCUT2D eigenvalue weighted by molar-refractivity contribution is 7.08. The predicted molar refractivity (Wildman–Crippen MR) is 58.0 cm³/mol. The maximum Gasteiger partial charge on any atom is 0.142 e. The minimum Gasteiger partial charge on any atom is -0.299 e. The summed E-state index contributed by atoms with van der Waals surface area (Å²) in [5.41, 5.74) is 2.57. The van der Waals surface area contributed by atoms with E-state index in [2.05, 4.69) is 17.7 Å². The van der Waals surface area contributed by atoms with Crippen LogP contribution < -0.4 is 0 Å². The molecular formula is C11H14OS. The topological polar surface area (TPSA) is 17.1 Å². The van der Waals surface area contributed by atoms with Gasteiger partial charge in [-0.25, -0.2) is 0 Å². The van der Waals surface area contributed by atoms with E-state index in [0.29, 0.717) is 0 Å². The summed E-state index contributed by atoms with van der Waals surface area (Å²) in [5, 5.41) is 4.26. The number of unbranched alkanes of at least 4 members (excludes halogenated alkanes) is 1. The third-order valence-corrected chi connectivity index (χ3v) is 2.74. The first kappa shape index (κ1) is 10.2. The number of carbonyl (C=O) groups excluding carboxylic acids is 1. The average Bonchev–Trinajstić information content (AvgIpc) is 2.59. The Kier molecular flexibility index (Phi) is 4.47. The molecule has 1 aromatic heterocycles. The van der Waals surface area contributed by atoms with Gasteiger partial charge in [-0.05, 0) is 40.8 Å². The molecule has 1 rings (SSSR count). The Hall–Kier alpha value is -0.890. The molecule has 0 atom stereocenters. The van der Waals surface area contributed by atoms with Crippen molar-refractivity contribution in [2.45, 2.75) is 26.2 Å². The molecule has 13 heavy (non-hydrogen) atoms. The number of aldehydes is 1. The number of aryl methyl sites for hydroxylation is 1. The minimum absolute atomic E-state index is 0.821. The maximum atomic E-state index is 10.1. The van der Waals surface area contributed by atoms with Gasteiger partial charge in [0.2, 0.25) is 0 Å². The molecule has 0 radical (unpaired) electrons. The number of rotatable bonds is 5. The summed E-state index contributed by atoms with van der Waals surface area (Å²) in [6.07, 6.45) is 7.82. The van der Waals surface area contributed by atoms with Gasteiger partial charge >= 0.3 is 0 Å². The first-order valence-corrected chi connectivity index (χ1v) is 5.49. The van der Waals surface area contributed by atoms with E-state index in [1.807, 2.05) is 6.08 Å². The lowest BCUT2D eigenvalue weighted by atomic mass is 10.1. The molecule has 0 aliphatic carbocycles. The zero-order valence-corrected chi connectivity index (χ0v) is 8.64. The molecule has 1 aromatic rings. The summed E-state index contributed by atoms with van der Waals surface area (Å²) >= 11 is 1.70. The van der Waals surface area contributed by atoms with E-state index >= 15 is 0 Å². The normalized spacial score (nSPS) is 10.8. The van der Waals surface area contributed by atoms with Crippen molar-refractivity contribution in [2.75, 3.05) is 0 Å². The van der Waals surface area contributed by atoms with Gasteiger partial charge in [-0.15, -0.1) is 0 Å². The van der Waals surface area contributed by atoms with Crippen molar-refractivity contribution in [3.63, 3.8) is 0 Å². The molecule has 0 unspecified atom stereocenters. The minimum atomic E-state index is 0.821. The van der Waals surface area contributed by atoms with Crippen LogP contribution in [0, 0.1) is 0 Å². The maximum absolute atomic E-state index is 10.1. The van der Waals surface area contributed by atoms with Crippen molar-refractivity contribution in [3.8, 4) is 0 Å². The molecule has 2 heteroatoms. The van der Waals surface area contributed by atoms with Gasteiger partial charge < -0.3 is 0 Å². The Morgan fingerprint density at radius 1 is 1.46 bits per heavy atom. The Bertz CT molecular complexity index is 286. The molecule has 1 heterocycles. The van der Waals surface area contributed by atoms with Crippen LogP contribution in [0.1, 0.15) is 30.9 Å². The van der Waals surface area contributed by atoms with Crippen molar-refractivity contribution in [2.24, 2.45) is 0 Å². The third-order valence-electron chi connectivity index (χ3n) is 1.93. The summed E-state index contributed by atoms with van der Waals surface area (Å²) < 4.78 is 0. The van der Waals surface area contributed by atoms with Gasteiger partial charge in [-0.1, -0.05) is 19.4 Å². The highest BCUT2D eigenvalue weighted by Crippen LogP contribution is 2.18. The predicted octanol–water partition coefficient (Wildman–Crippen LogP) is 3.30. The molecule has 0 spiro atoms. The fourth-order valence-corrected chi connectivity index (χ4v) is 2.06. The van der Waals surface area contributed by atoms with E-state index in [-0.39, 0.29) is 0 Å². The van der Waals surface area contributed by atoms with E-state index in [1.165, 1.54) is 24.0 Å². The largest absolute Gasteiger partial charge is 0.299 e. The van der Waals surface area contributed by atoms with Crippen LogP contribution in [0.15, 0.2) is 16.8 Å². The number of carbonyl (C=O) groups is 1. The number of hydrogen-bond donors (Lipinski definition) is 0. The smallest absolute Gasteiger partial charge is 0.142 e. The van der Waals surface area contributed by atoms with Crippen LogP contribution in [0.5, 0.6) is 0 Å². The van der Waals surface area contributed by atoms with Crippen LogP contribution >= 0.6 is 11.3 Å². The van der Waals surface area contributed by atoms with Crippen LogP contribution in [0.25, 0.3) is 6.08 Å². The van der Waals surface area contributed by atoms with Gasteiger partial charge in [0, 0.05) is 0 Å². The van der Waals surface area contributed by atoms with E-state index in [9.17, 15) is 4.79 Å². The van der Waals surface area contributed by atoms with E-state index in [4.69, 9.17) is 0 Å². The number of thiophene rings is 1. The van der Waals surface area contributed by atoms with Crippen molar-refractivity contribution in [3.05, 3.63) is 28.0 Å². The summed E-state index contributed by atoms with van der Waals surface area (Å²) in [6, 6.07) is 0. The van der Waals surface area contributed by atoms with Gasteiger partial charge in [0.1, 0.15) is 6.29 Å². The second-order valence-electron chi connectivity index (χ2n) is 2.95. The number of hydrogen-bond acceptors (Lipinski definition) is 2. The second-order valence-corrected chi connectivity index (χ2v) is 3.69. The molecular weight excluding hydrogens is 180 g/mol. The molecule has 0 aromatic carbocycles. The van der Waals surface area contributed by atoms with Gasteiger partial charge in [0.05, 0.1) is 0 Å². The standard InChI is InChI=1S/C11H14OS/c1-2-3-5-10-8-13-9-11(10)6-4-7-12/h4,6-9H,2-3,5H2,1H3/b6-4+. The summed E-state index contributed by atoms with van der Waals surface area (Å²) in [4.78, 5) is 10.1. The Morgan fingerprint density at radius 2 is 2.31 bits per heavy atom. The lowest BCUT2D eigenvalue weighted by molar-refractivity contribution is -0.104. The fourth-order valence-electron chi connectivity index (χ4n) is 1.19. The van der Waals surface area contributed by atoms with Crippen molar-refractivity contribution >= 4 is 23.7 Å². The highest BCUT2D eigenvalue weighted by atomic mass is 32.1. The van der Waals surface area contributed by atoms with Crippen molar-refractivity contribution in [1.29, 1.82) is 0 Å².